The van der Waals surface area contributed by atoms with Crippen LogP contribution in [0.25, 0.3) is 11.2 Å². The third-order valence-electron chi connectivity index (χ3n) is 3.37. The van der Waals surface area contributed by atoms with Crippen molar-refractivity contribution in [1.29, 1.82) is 0 Å². The van der Waals surface area contributed by atoms with Gasteiger partial charge in [0, 0.05) is 0 Å². The molecule has 3 rings (SSSR count). The lowest BCUT2D eigenvalue weighted by Gasteiger charge is -2.18. The van der Waals surface area contributed by atoms with E-state index in [1.54, 1.807) is 0 Å². The summed E-state index contributed by atoms with van der Waals surface area (Å²) in [5.74, 6) is 0.0699. The van der Waals surface area contributed by atoms with Crippen LogP contribution in [0, 0.1) is 0 Å². The van der Waals surface area contributed by atoms with E-state index in [0.29, 0.717) is 0 Å². The van der Waals surface area contributed by atoms with Gasteiger partial charge in [-0.25, -0.2) is 15.0 Å². The number of aliphatic hydroxyl groups is 3. The summed E-state index contributed by atoms with van der Waals surface area (Å²) < 4.78 is 6.37. The van der Waals surface area contributed by atoms with Crippen molar-refractivity contribution in [3.63, 3.8) is 0 Å². The maximum atomic E-state index is 12.0. The van der Waals surface area contributed by atoms with Crippen LogP contribution in [0.15, 0.2) is 17.3 Å². The van der Waals surface area contributed by atoms with E-state index in [-0.39, 0.29) is 17.0 Å². The normalized spacial score (nSPS) is 29.1. The van der Waals surface area contributed by atoms with Crippen LogP contribution >= 0.6 is 0 Å². The third-order valence-corrected chi connectivity index (χ3v) is 3.37. The highest BCUT2D eigenvalue weighted by Gasteiger charge is 2.44. The van der Waals surface area contributed by atoms with Gasteiger partial charge >= 0.3 is 0 Å². The minimum absolute atomic E-state index is 0.0699. The molecule has 0 spiro atoms. The van der Waals surface area contributed by atoms with E-state index < -0.39 is 36.7 Å². The van der Waals surface area contributed by atoms with Crippen LogP contribution in [0.2, 0.25) is 0 Å². The first-order valence-electron chi connectivity index (χ1n) is 6.14. The van der Waals surface area contributed by atoms with Gasteiger partial charge < -0.3 is 25.8 Å². The number of rotatable bonds is 2. The number of aromatic nitrogens is 4. The van der Waals surface area contributed by atoms with Crippen molar-refractivity contribution in [2.45, 2.75) is 24.5 Å². The Hall–Kier alpha value is -2.14. The minimum atomic E-state index is -1.40. The van der Waals surface area contributed by atoms with E-state index in [0.717, 1.165) is 17.1 Å². The molecule has 1 saturated heterocycles. The van der Waals surface area contributed by atoms with Crippen LogP contribution in [0.4, 0.5) is 5.82 Å². The van der Waals surface area contributed by atoms with E-state index in [1.165, 1.54) is 0 Å². The zero-order chi connectivity index (χ0) is 15.1. The van der Waals surface area contributed by atoms with Gasteiger partial charge in [0.25, 0.3) is 5.56 Å². The van der Waals surface area contributed by atoms with Crippen LogP contribution in [-0.4, -0.2) is 59.8 Å². The summed E-state index contributed by atoms with van der Waals surface area (Å²) in [4.78, 5) is 23.6. The summed E-state index contributed by atoms with van der Waals surface area (Å²) in [5.41, 5.74) is 5.33. The number of aliphatic hydroxyl groups excluding tert-OH is 3. The largest absolute Gasteiger partial charge is 0.394 e. The van der Waals surface area contributed by atoms with Crippen LogP contribution in [0.1, 0.15) is 6.23 Å². The average Bonchev–Trinajstić information content (AvgIpc) is 2.75. The average molecular weight is 295 g/mol. The molecule has 0 aromatic carbocycles. The zero-order valence-corrected chi connectivity index (χ0v) is 10.7. The second-order valence-corrected chi connectivity index (χ2v) is 4.63. The molecule has 0 bridgehead atoms. The highest BCUT2D eigenvalue weighted by atomic mass is 16.6. The van der Waals surface area contributed by atoms with Gasteiger partial charge in [-0.15, -0.1) is 0 Å². The Morgan fingerprint density at radius 3 is 2.71 bits per heavy atom. The summed E-state index contributed by atoms with van der Waals surface area (Å²) in [7, 11) is 0. The van der Waals surface area contributed by atoms with Gasteiger partial charge in [0.2, 0.25) is 0 Å². The topological polar surface area (TPSA) is 157 Å². The lowest BCUT2D eigenvalue weighted by Crippen LogP contribution is -2.35. The number of nitrogen functional groups attached to an aromatic ring is 1. The molecule has 0 aliphatic carbocycles. The molecule has 2 aromatic rings. The fraction of sp³-hybridized carbons (Fsp3) is 0.455. The monoisotopic (exact) mass is 295 g/mol. The first-order valence-corrected chi connectivity index (χ1v) is 6.14. The Morgan fingerprint density at radius 2 is 2.05 bits per heavy atom. The Morgan fingerprint density at radius 1 is 1.29 bits per heavy atom. The molecular formula is C11H13N5O5. The predicted molar refractivity (Wildman–Crippen MR) is 69.0 cm³/mol. The van der Waals surface area contributed by atoms with Crippen LogP contribution in [0.3, 0.4) is 0 Å². The second kappa shape index (κ2) is 5.00. The van der Waals surface area contributed by atoms with Gasteiger partial charge in [-0.3, -0.25) is 9.36 Å². The number of hydrogen-bond donors (Lipinski definition) is 4. The summed E-state index contributed by atoms with van der Waals surface area (Å²) in [6, 6.07) is 0. The third kappa shape index (κ3) is 2.05. The first kappa shape index (κ1) is 13.8. The molecule has 5 N–H and O–H groups in total. The lowest BCUT2D eigenvalue weighted by molar-refractivity contribution is -0.0525. The van der Waals surface area contributed by atoms with E-state index in [4.69, 9.17) is 15.6 Å². The molecule has 2 aromatic heterocycles. The van der Waals surface area contributed by atoms with Gasteiger partial charge in [-0.05, 0) is 0 Å². The highest BCUT2D eigenvalue weighted by Crippen LogP contribution is 2.29. The van der Waals surface area contributed by atoms with Crippen LogP contribution in [0.5, 0.6) is 0 Å². The Balaban J connectivity index is 2.19. The Bertz CT molecular complexity index is 735. The number of hydrogen-bond acceptors (Lipinski definition) is 9. The molecular weight excluding hydrogens is 282 g/mol. The van der Waals surface area contributed by atoms with Crippen LogP contribution in [-0.2, 0) is 4.74 Å². The number of fused-ring (bicyclic) bond motifs is 1. The quantitative estimate of drug-likeness (QED) is 0.465. The van der Waals surface area contributed by atoms with Crippen LogP contribution < -0.4 is 11.3 Å². The molecule has 1 aliphatic rings. The van der Waals surface area contributed by atoms with Gasteiger partial charge in [0.05, 0.1) is 12.8 Å². The molecule has 10 heteroatoms. The fourth-order valence-electron chi connectivity index (χ4n) is 2.31. The number of ether oxygens (including phenoxy) is 1. The van der Waals surface area contributed by atoms with Crippen molar-refractivity contribution >= 4 is 17.0 Å². The second-order valence-electron chi connectivity index (χ2n) is 4.63. The zero-order valence-electron chi connectivity index (χ0n) is 10.7. The van der Waals surface area contributed by atoms with Crippen molar-refractivity contribution in [2.24, 2.45) is 0 Å². The van der Waals surface area contributed by atoms with Crippen molar-refractivity contribution < 1.29 is 20.1 Å². The first-order chi connectivity index (χ1) is 10.0. The molecule has 10 nitrogen and oxygen atoms in total. The lowest BCUT2D eigenvalue weighted by atomic mass is 10.1. The number of nitrogens with two attached hydrogens (primary N) is 1. The molecule has 4 atom stereocenters. The Kier molecular flexibility index (Phi) is 3.29. The van der Waals surface area contributed by atoms with E-state index >= 15 is 0 Å². The smallest absolute Gasteiger partial charge is 0.272 e. The van der Waals surface area contributed by atoms with E-state index in [9.17, 15) is 15.0 Å². The van der Waals surface area contributed by atoms with Crippen molar-refractivity contribution in [1.82, 2.24) is 19.5 Å². The predicted octanol–water partition coefficient (Wildman–Crippen LogP) is -2.62. The maximum absolute atomic E-state index is 12.0. The number of anilines is 1. The molecule has 0 radical (unpaired) electrons. The maximum Gasteiger partial charge on any atom is 0.272 e. The SMILES string of the molecule is Nc1ncnc2c1ncc(=O)n2[C@@H]1O[C@H](CO)[C@@H](O)[C@H]1O. The Labute approximate surface area is 117 Å². The van der Waals surface area contributed by atoms with Gasteiger partial charge in [0.1, 0.15) is 30.2 Å². The molecule has 21 heavy (non-hydrogen) atoms. The van der Waals surface area contributed by atoms with Gasteiger partial charge in [-0.2, -0.15) is 0 Å². The molecule has 112 valence electrons. The van der Waals surface area contributed by atoms with Gasteiger partial charge in [0.15, 0.2) is 17.7 Å². The molecule has 3 heterocycles. The molecule has 1 fully saturated rings. The summed E-state index contributed by atoms with van der Waals surface area (Å²) >= 11 is 0. The molecule has 0 amide bonds. The summed E-state index contributed by atoms with van der Waals surface area (Å²) in [6.45, 7) is -0.496. The molecule has 0 saturated carbocycles. The molecule has 1 aliphatic heterocycles. The summed E-state index contributed by atoms with van der Waals surface area (Å²) in [6.07, 6.45) is -2.78. The van der Waals surface area contributed by atoms with Crippen molar-refractivity contribution in [3.05, 3.63) is 22.9 Å². The van der Waals surface area contributed by atoms with E-state index in [1.807, 2.05) is 0 Å². The van der Waals surface area contributed by atoms with Crippen molar-refractivity contribution in [2.75, 3.05) is 12.3 Å². The minimum Gasteiger partial charge on any atom is -0.394 e. The van der Waals surface area contributed by atoms with Gasteiger partial charge in [-0.1, -0.05) is 0 Å². The van der Waals surface area contributed by atoms with Crippen molar-refractivity contribution in [3.8, 4) is 0 Å². The molecule has 0 unspecified atom stereocenters. The standard InChI is InChI=1S/C11H13N5O5/c12-9-6-10(15-3-14-9)16(5(18)1-13-6)11-8(20)7(19)4(2-17)21-11/h1,3-4,7-8,11,17,19-20H,2H2,(H2,12,14,15)/t4-,7-,8-,11-/m1/s1. The number of nitrogens with zero attached hydrogens (tertiary/aromatic N) is 4. The fourth-order valence-corrected chi connectivity index (χ4v) is 2.31. The highest BCUT2D eigenvalue weighted by molar-refractivity contribution is 5.80. The summed E-state index contributed by atoms with van der Waals surface area (Å²) in [5, 5.41) is 28.9. The van der Waals surface area contributed by atoms with E-state index in [2.05, 4.69) is 15.0 Å².